The fourth-order valence-electron chi connectivity index (χ4n) is 3.54. The first-order valence-corrected chi connectivity index (χ1v) is 11.4. The standard InChI is InChI=1S/C25H31N3O4S.ClH/c1-16-12-17(2)24-19(13-16)26-25(33-24)28(11-10-27(3)4)22(29)9-8-18-14-20(30-5)23(32-7)21(15-18)31-6;/h8-9,12-15H,10-11H2,1-7H3;1H. The molecule has 1 aromatic heterocycles. The maximum absolute atomic E-state index is 13.3. The lowest BCUT2D eigenvalue weighted by Gasteiger charge is -2.20. The highest BCUT2D eigenvalue weighted by Crippen LogP contribution is 2.38. The van der Waals surface area contributed by atoms with Crippen molar-refractivity contribution in [1.82, 2.24) is 9.88 Å². The van der Waals surface area contributed by atoms with E-state index in [-0.39, 0.29) is 18.3 Å². The Labute approximate surface area is 211 Å². The van der Waals surface area contributed by atoms with Crippen molar-refractivity contribution in [2.45, 2.75) is 13.8 Å². The summed E-state index contributed by atoms with van der Waals surface area (Å²) in [7, 11) is 8.66. The van der Waals surface area contributed by atoms with Gasteiger partial charge in [0.15, 0.2) is 16.6 Å². The average molecular weight is 506 g/mol. The fourth-order valence-corrected chi connectivity index (χ4v) is 4.58. The number of thiazole rings is 1. The molecule has 0 saturated heterocycles. The number of hydrogen-bond acceptors (Lipinski definition) is 7. The third-order valence-corrected chi connectivity index (χ3v) is 6.41. The first kappa shape index (κ1) is 27.4. The summed E-state index contributed by atoms with van der Waals surface area (Å²) in [5.74, 6) is 1.44. The minimum Gasteiger partial charge on any atom is -0.493 e. The summed E-state index contributed by atoms with van der Waals surface area (Å²) >= 11 is 1.54. The van der Waals surface area contributed by atoms with E-state index in [1.807, 2.05) is 19.0 Å². The highest BCUT2D eigenvalue weighted by atomic mass is 35.5. The average Bonchev–Trinajstić information content (AvgIpc) is 3.20. The van der Waals surface area contributed by atoms with Gasteiger partial charge in [-0.25, -0.2) is 4.98 Å². The Morgan fingerprint density at radius 3 is 2.21 bits per heavy atom. The number of carbonyl (C=O) groups is 1. The van der Waals surface area contributed by atoms with E-state index in [2.05, 4.69) is 26.0 Å². The molecule has 0 atom stereocenters. The van der Waals surface area contributed by atoms with Gasteiger partial charge < -0.3 is 19.1 Å². The van der Waals surface area contributed by atoms with Crippen molar-refractivity contribution in [2.24, 2.45) is 0 Å². The Morgan fingerprint density at radius 1 is 1.00 bits per heavy atom. The summed E-state index contributed by atoms with van der Waals surface area (Å²) in [5.41, 5.74) is 4.01. The van der Waals surface area contributed by atoms with E-state index in [1.54, 1.807) is 61.9 Å². The topological polar surface area (TPSA) is 64.1 Å². The molecule has 0 bridgehead atoms. The van der Waals surface area contributed by atoms with Crippen LogP contribution in [-0.4, -0.2) is 64.3 Å². The molecule has 1 heterocycles. The number of nitrogens with zero attached hydrogens (tertiary/aromatic N) is 3. The SMILES string of the molecule is COc1cc(C=CC(=O)N(CCN(C)C)c2nc3cc(C)cc(C)c3s2)cc(OC)c1OC.Cl. The molecule has 7 nitrogen and oxygen atoms in total. The third kappa shape index (κ3) is 6.20. The zero-order valence-electron chi connectivity index (χ0n) is 20.7. The highest BCUT2D eigenvalue weighted by Gasteiger charge is 2.19. The van der Waals surface area contributed by atoms with Gasteiger partial charge in [0.1, 0.15) is 0 Å². The number of anilines is 1. The molecule has 9 heteroatoms. The van der Waals surface area contributed by atoms with E-state index in [0.29, 0.717) is 28.9 Å². The lowest BCUT2D eigenvalue weighted by atomic mass is 10.1. The summed E-state index contributed by atoms with van der Waals surface area (Å²) in [6.45, 7) is 5.38. The molecule has 0 N–H and O–H groups in total. The van der Waals surface area contributed by atoms with E-state index in [4.69, 9.17) is 19.2 Å². The summed E-state index contributed by atoms with van der Waals surface area (Å²) in [6.07, 6.45) is 3.30. The zero-order chi connectivity index (χ0) is 24.1. The van der Waals surface area contributed by atoms with Crippen LogP contribution >= 0.6 is 23.7 Å². The molecule has 184 valence electrons. The van der Waals surface area contributed by atoms with Gasteiger partial charge in [-0.3, -0.25) is 9.69 Å². The molecule has 34 heavy (non-hydrogen) atoms. The highest BCUT2D eigenvalue weighted by molar-refractivity contribution is 7.22. The van der Waals surface area contributed by atoms with Crippen molar-refractivity contribution in [3.8, 4) is 17.2 Å². The zero-order valence-corrected chi connectivity index (χ0v) is 22.3. The Morgan fingerprint density at radius 2 is 1.65 bits per heavy atom. The maximum Gasteiger partial charge on any atom is 0.252 e. The number of likely N-dealkylation sites (N-methyl/N-ethyl adjacent to an activating group) is 1. The second kappa shape index (κ2) is 12.1. The third-order valence-electron chi connectivity index (χ3n) is 5.18. The molecule has 0 aliphatic rings. The quantitative estimate of drug-likeness (QED) is 0.383. The molecule has 3 aromatic rings. The van der Waals surface area contributed by atoms with Gasteiger partial charge in [0, 0.05) is 19.2 Å². The van der Waals surface area contributed by atoms with Crippen LogP contribution in [0.25, 0.3) is 16.3 Å². The molecule has 0 aliphatic heterocycles. The number of carbonyl (C=O) groups excluding carboxylic acids is 1. The van der Waals surface area contributed by atoms with Gasteiger partial charge in [0.2, 0.25) is 5.75 Å². The molecule has 1 amide bonds. The van der Waals surface area contributed by atoms with Crippen LogP contribution in [0.2, 0.25) is 0 Å². The van der Waals surface area contributed by atoms with Gasteiger partial charge in [-0.1, -0.05) is 17.4 Å². The van der Waals surface area contributed by atoms with Crippen LogP contribution in [0.3, 0.4) is 0 Å². The van der Waals surface area contributed by atoms with Crippen LogP contribution in [0.15, 0.2) is 30.3 Å². The molecule has 0 radical (unpaired) electrons. The van der Waals surface area contributed by atoms with Crippen LogP contribution in [-0.2, 0) is 4.79 Å². The van der Waals surface area contributed by atoms with E-state index >= 15 is 0 Å². The molecular formula is C25H32ClN3O4S. The molecule has 2 aromatic carbocycles. The lowest BCUT2D eigenvalue weighted by molar-refractivity contribution is -0.114. The largest absolute Gasteiger partial charge is 0.493 e. The van der Waals surface area contributed by atoms with E-state index < -0.39 is 0 Å². The maximum atomic E-state index is 13.3. The lowest BCUT2D eigenvalue weighted by Crippen LogP contribution is -2.35. The number of rotatable bonds is 9. The Kier molecular flexibility index (Phi) is 9.73. The van der Waals surface area contributed by atoms with Crippen molar-refractivity contribution in [2.75, 3.05) is 53.4 Å². The molecule has 0 fully saturated rings. The monoisotopic (exact) mass is 505 g/mol. The van der Waals surface area contributed by atoms with Crippen molar-refractivity contribution in [3.05, 3.63) is 47.0 Å². The number of ether oxygens (including phenoxy) is 3. The molecule has 3 rings (SSSR count). The number of aromatic nitrogens is 1. The Balaban J connectivity index is 0.00000408. The normalized spacial score (nSPS) is 11.1. The second-order valence-corrected chi connectivity index (χ2v) is 8.99. The van der Waals surface area contributed by atoms with Gasteiger partial charge >= 0.3 is 0 Å². The van der Waals surface area contributed by atoms with Crippen molar-refractivity contribution in [1.29, 1.82) is 0 Å². The molecular weight excluding hydrogens is 474 g/mol. The molecule has 0 spiro atoms. The van der Waals surface area contributed by atoms with Crippen molar-refractivity contribution >= 4 is 51.1 Å². The first-order valence-electron chi connectivity index (χ1n) is 10.6. The molecule has 0 saturated carbocycles. The van der Waals surface area contributed by atoms with Gasteiger partial charge in [-0.2, -0.15) is 0 Å². The molecule has 0 aliphatic carbocycles. The number of methoxy groups -OCH3 is 3. The summed E-state index contributed by atoms with van der Waals surface area (Å²) in [5, 5.41) is 0.695. The van der Waals surface area contributed by atoms with Gasteiger partial charge in [0.25, 0.3) is 5.91 Å². The smallest absolute Gasteiger partial charge is 0.252 e. The number of amides is 1. The Hall–Kier alpha value is -2.81. The Bertz CT molecular complexity index is 1150. The second-order valence-electron chi connectivity index (χ2n) is 8.01. The summed E-state index contributed by atoms with van der Waals surface area (Å²) in [6, 6.07) is 7.81. The van der Waals surface area contributed by atoms with Gasteiger partial charge in [-0.15, -0.1) is 12.4 Å². The fraction of sp³-hybridized carbons (Fsp3) is 0.360. The first-order chi connectivity index (χ1) is 15.8. The van der Waals surface area contributed by atoms with Crippen LogP contribution in [0.4, 0.5) is 5.13 Å². The number of aryl methyl sites for hydroxylation is 2. The number of fused-ring (bicyclic) bond motifs is 1. The minimum absolute atomic E-state index is 0. The predicted molar refractivity (Wildman–Crippen MR) is 142 cm³/mol. The van der Waals surface area contributed by atoms with Gasteiger partial charge in [-0.05, 0) is 68.9 Å². The summed E-state index contributed by atoms with van der Waals surface area (Å²) < 4.78 is 17.3. The van der Waals surface area contributed by atoms with E-state index in [9.17, 15) is 4.79 Å². The summed E-state index contributed by atoms with van der Waals surface area (Å²) in [4.78, 5) is 21.8. The van der Waals surface area contributed by atoms with Gasteiger partial charge in [0.05, 0.1) is 31.5 Å². The van der Waals surface area contributed by atoms with E-state index in [0.717, 1.165) is 27.9 Å². The van der Waals surface area contributed by atoms with Crippen molar-refractivity contribution in [3.63, 3.8) is 0 Å². The van der Waals surface area contributed by atoms with Crippen LogP contribution in [0, 0.1) is 13.8 Å². The van der Waals surface area contributed by atoms with E-state index in [1.165, 1.54) is 5.56 Å². The molecule has 0 unspecified atom stereocenters. The van der Waals surface area contributed by atoms with Crippen LogP contribution in [0.5, 0.6) is 17.2 Å². The minimum atomic E-state index is -0.140. The number of benzene rings is 2. The van der Waals surface area contributed by atoms with Crippen molar-refractivity contribution < 1.29 is 19.0 Å². The number of hydrogen-bond donors (Lipinski definition) is 0. The van der Waals surface area contributed by atoms with Crippen LogP contribution < -0.4 is 19.1 Å². The number of halogens is 1. The van der Waals surface area contributed by atoms with Crippen LogP contribution in [0.1, 0.15) is 16.7 Å². The predicted octanol–water partition coefficient (Wildman–Crippen LogP) is 4.97.